The molecule has 0 bridgehead atoms. The number of piperidine rings is 1. The second-order valence-corrected chi connectivity index (χ2v) is 11.9. The third kappa shape index (κ3) is 4.30. The molecule has 3 nitrogen and oxygen atoms in total. The summed E-state index contributed by atoms with van der Waals surface area (Å²) in [5.41, 5.74) is 5.31. The second kappa shape index (κ2) is 9.50. The average molecular weight is 478 g/mol. The summed E-state index contributed by atoms with van der Waals surface area (Å²) < 4.78 is 21.4. The molecule has 5 aliphatic rings. The average Bonchev–Trinajstić information content (AvgIpc) is 3.18. The number of hydrogen-bond donors (Lipinski definition) is 0. The summed E-state index contributed by atoms with van der Waals surface area (Å²) >= 11 is 0. The number of likely N-dealkylation sites (tertiary alicyclic amines) is 1. The molecule has 3 fully saturated rings. The van der Waals surface area contributed by atoms with Crippen molar-refractivity contribution < 1.29 is 13.9 Å². The molecule has 0 aromatic heterocycles. The van der Waals surface area contributed by atoms with Crippen molar-refractivity contribution in [3.05, 3.63) is 52.6 Å². The van der Waals surface area contributed by atoms with Crippen LogP contribution in [0.4, 0.5) is 4.39 Å². The number of benzene rings is 1. The first kappa shape index (κ1) is 23.5. The normalized spacial score (nSPS) is 35.3. The minimum Gasteiger partial charge on any atom is -0.492 e. The van der Waals surface area contributed by atoms with Crippen molar-refractivity contribution in [3.63, 3.8) is 0 Å². The van der Waals surface area contributed by atoms with E-state index in [-0.39, 0.29) is 17.1 Å². The first-order chi connectivity index (χ1) is 17.0. The zero-order valence-electron chi connectivity index (χ0n) is 21.2. The molecule has 1 aliphatic heterocycles. The van der Waals surface area contributed by atoms with Crippen LogP contribution in [0.1, 0.15) is 82.6 Å². The van der Waals surface area contributed by atoms with Gasteiger partial charge in [-0.1, -0.05) is 31.1 Å². The van der Waals surface area contributed by atoms with E-state index < -0.39 is 6.17 Å². The quantitative estimate of drug-likeness (QED) is 0.468. The Labute approximate surface area is 209 Å². The van der Waals surface area contributed by atoms with E-state index in [4.69, 9.17) is 4.74 Å². The summed E-state index contributed by atoms with van der Waals surface area (Å²) in [5, 5.41) is 0. The minimum atomic E-state index is -0.705. The second-order valence-electron chi connectivity index (χ2n) is 11.9. The lowest BCUT2D eigenvalue weighted by atomic mass is 9.53. The van der Waals surface area contributed by atoms with Gasteiger partial charge < -0.3 is 4.74 Å². The van der Waals surface area contributed by atoms with Gasteiger partial charge in [-0.05, 0) is 111 Å². The lowest BCUT2D eigenvalue weighted by molar-refractivity contribution is -0.114. The summed E-state index contributed by atoms with van der Waals surface area (Å²) in [6, 6.07) is 8.68. The predicted molar refractivity (Wildman–Crippen MR) is 137 cm³/mol. The number of carbonyl (C=O) groups is 1. The Morgan fingerprint density at radius 1 is 1.03 bits per heavy atom. The van der Waals surface area contributed by atoms with Gasteiger partial charge in [-0.25, -0.2) is 4.39 Å². The van der Waals surface area contributed by atoms with E-state index in [0.717, 1.165) is 51.0 Å². The molecule has 1 saturated heterocycles. The van der Waals surface area contributed by atoms with Crippen molar-refractivity contribution >= 4 is 5.78 Å². The summed E-state index contributed by atoms with van der Waals surface area (Å²) in [4.78, 5) is 14.7. The third-order valence-corrected chi connectivity index (χ3v) is 10.0. The van der Waals surface area contributed by atoms with Crippen molar-refractivity contribution in [1.82, 2.24) is 4.90 Å². The van der Waals surface area contributed by atoms with E-state index in [0.29, 0.717) is 24.7 Å². The number of allylic oxidation sites excluding steroid dienone is 4. The SMILES string of the molecule is CC12C[C@H](c3ccc(OCCN4CCCCC4)cc3)C3=C4CCC(=O)C=C4CCC3C1CC[C@H]2F. The van der Waals surface area contributed by atoms with Crippen LogP contribution in [0.2, 0.25) is 0 Å². The Bertz CT molecular complexity index is 1020. The van der Waals surface area contributed by atoms with Crippen LogP contribution in [0.15, 0.2) is 47.1 Å². The maximum Gasteiger partial charge on any atom is 0.156 e. The standard InChI is InChI=1S/C31H40FNO2/c1-31-20-27(21-5-9-24(10-6-21)35-18-17-33-15-3-2-4-16-33)30-25-12-8-23(34)19-22(25)7-11-26(30)28(31)13-14-29(31)32/h5-6,9-10,19,26-29H,2-4,7-8,11-18,20H2,1H3/t26?,27-,28?,29-,31?/m1/s1. The summed E-state index contributed by atoms with van der Waals surface area (Å²) in [6.07, 6.45) is 11.3. The molecular formula is C31H40FNO2. The zero-order valence-corrected chi connectivity index (χ0v) is 21.2. The molecule has 0 radical (unpaired) electrons. The van der Waals surface area contributed by atoms with Gasteiger partial charge in [-0.2, -0.15) is 0 Å². The largest absolute Gasteiger partial charge is 0.492 e. The van der Waals surface area contributed by atoms with Crippen molar-refractivity contribution in [2.75, 3.05) is 26.2 Å². The summed E-state index contributed by atoms with van der Waals surface area (Å²) in [7, 11) is 0. The number of hydrogen-bond acceptors (Lipinski definition) is 3. The van der Waals surface area contributed by atoms with Gasteiger partial charge in [0.25, 0.3) is 0 Å². The van der Waals surface area contributed by atoms with Crippen molar-refractivity contribution in [3.8, 4) is 5.75 Å². The zero-order chi connectivity index (χ0) is 24.0. The molecule has 6 rings (SSSR count). The Morgan fingerprint density at radius 2 is 1.83 bits per heavy atom. The van der Waals surface area contributed by atoms with Gasteiger partial charge in [0.15, 0.2) is 5.78 Å². The molecule has 35 heavy (non-hydrogen) atoms. The van der Waals surface area contributed by atoms with Gasteiger partial charge in [-0.3, -0.25) is 9.69 Å². The fourth-order valence-electron chi connectivity index (χ4n) is 8.17. The van der Waals surface area contributed by atoms with E-state index in [1.165, 1.54) is 49.1 Å². The molecule has 0 spiro atoms. The number of fused-ring (bicyclic) bond motifs is 4. The molecule has 1 heterocycles. The van der Waals surface area contributed by atoms with Gasteiger partial charge in [-0.15, -0.1) is 0 Å². The third-order valence-electron chi connectivity index (χ3n) is 10.0. The number of ketones is 1. The molecule has 0 amide bonds. The molecule has 188 valence electrons. The van der Waals surface area contributed by atoms with E-state index >= 15 is 4.39 Å². The highest BCUT2D eigenvalue weighted by Crippen LogP contribution is 2.64. The van der Waals surface area contributed by atoms with Crippen molar-refractivity contribution in [2.45, 2.75) is 83.2 Å². The fraction of sp³-hybridized carbons (Fsp3) is 0.645. The van der Waals surface area contributed by atoms with Gasteiger partial charge in [0, 0.05) is 24.3 Å². The van der Waals surface area contributed by atoms with Crippen LogP contribution in [0.5, 0.6) is 5.75 Å². The van der Waals surface area contributed by atoms with Crippen LogP contribution >= 0.6 is 0 Å². The molecule has 4 aliphatic carbocycles. The van der Waals surface area contributed by atoms with Crippen molar-refractivity contribution in [2.24, 2.45) is 17.3 Å². The Balaban J connectivity index is 1.26. The van der Waals surface area contributed by atoms with E-state index in [1.54, 1.807) is 5.57 Å². The highest BCUT2D eigenvalue weighted by molar-refractivity contribution is 5.93. The lowest BCUT2D eigenvalue weighted by Crippen LogP contribution is -2.44. The van der Waals surface area contributed by atoms with Crippen LogP contribution in [-0.4, -0.2) is 43.1 Å². The number of rotatable bonds is 5. The molecule has 3 unspecified atom stereocenters. The molecule has 1 aromatic rings. The topological polar surface area (TPSA) is 29.5 Å². The number of carbonyl (C=O) groups excluding carboxylic acids is 1. The molecule has 0 N–H and O–H groups in total. The monoisotopic (exact) mass is 477 g/mol. The highest BCUT2D eigenvalue weighted by Gasteiger charge is 2.57. The number of alkyl halides is 1. The maximum absolute atomic E-state index is 15.3. The summed E-state index contributed by atoms with van der Waals surface area (Å²) in [6.45, 7) is 6.33. The van der Waals surface area contributed by atoms with Gasteiger partial charge in [0.05, 0.1) is 0 Å². The van der Waals surface area contributed by atoms with Crippen LogP contribution in [0, 0.1) is 17.3 Å². The van der Waals surface area contributed by atoms with E-state index in [1.807, 2.05) is 6.08 Å². The maximum atomic E-state index is 15.3. The first-order valence-electron chi connectivity index (χ1n) is 14.1. The Hall–Kier alpha value is -1.94. The first-order valence-corrected chi connectivity index (χ1v) is 14.1. The minimum absolute atomic E-state index is 0.241. The molecule has 5 atom stereocenters. The molecular weight excluding hydrogens is 437 g/mol. The van der Waals surface area contributed by atoms with Gasteiger partial charge in [0.1, 0.15) is 18.5 Å². The Morgan fingerprint density at radius 3 is 2.63 bits per heavy atom. The van der Waals surface area contributed by atoms with Crippen LogP contribution in [-0.2, 0) is 4.79 Å². The van der Waals surface area contributed by atoms with Crippen molar-refractivity contribution in [1.29, 1.82) is 0 Å². The van der Waals surface area contributed by atoms with E-state index in [2.05, 4.69) is 36.1 Å². The predicted octanol–water partition coefficient (Wildman–Crippen LogP) is 6.79. The Kier molecular flexibility index (Phi) is 6.37. The van der Waals surface area contributed by atoms with Crippen LogP contribution < -0.4 is 4.74 Å². The van der Waals surface area contributed by atoms with Gasteiger partial charge >= 0.3 is 0 Å². The van der Waals surface area contributed by atoms with Crippen LogP contribution in [0.25, 0.3) is 0 Å². The fourth-order valence-corrected chi connectivity index (χ4v) is 8.17. The van der Waals surface area contributed by atoms with E-state index in [9.17, 15) is 4.79 Å². The van der Waals surface area contributed by atoms with Crippen LogP contribution in [0.3, 0.4) is 0 Å². The number of nitrogens with zero attached hydrogens (tertiary/aromatic N) is 1. The number of halogens is 1. The smallest absolute Gasteiger partial charge is 0.156 e. The van der Waals surface area contributed by atoms with Gasteiger partial charge in [0.2, 0.25) is 0 Å². The number of ether oxygens (including phenoxy) is 1. The lowest BCUT2D eigenvalue weighted by Gasteiger charge is -2.51. The summed E-state index contributed by atoms with van der Waals surface area (Å²) in [5.74, 6) is 2.34. The molecule has 4 heteroatoms. The highest BCUT2D eigenvalue weighted by atomic mass is 19.1. The molecule has 2 saturated carbocycles. The molecule has 1 aromatic carbocycles.